The van der Waals surface area contributed by atoms with Crippen LogP contribution >= 0.6 is 0 Å². The predicted molar refractivity (Wildman–Crippen MR) is 112 cm³/mol. The SMILES string of the molecule is CCC(=O)N(Cc1ccc(OC)cc1)Cc1cc2cc(C)cc(C)c2[nH]c1=O. The zero-order valence-corrected chi connectivity index (χ0v) is 16.8. The van der Waals surface area contributed by atoms with Crippen LogP contribution in [0.15, 0.2) is 47.3 Å². The second-order valence-corrected chi connectivity index (χ2v) is 7.12. The highest BCUT2D eigenvalue weighted by Gasteiger charge is 2.16. The first-order chi connectivity index (χ1) is 13.4. The van der Waals surface area contributed by atoms with Crippen molar-refractivity contribution in [1.82, 2.24) is 9.88 Å². The number of aromatic amines is 1. The number of fused-ring (bicyclic) bond motifs is 1. The molecule has 0 saturated carbocycles. The number of hydrogen-bond acceptors (Lipinski definition) is 3. The van der Waals surface area contributed by atoms with Gasteiger partial charge in [0.15, 0.2) is 0 Å². The molecule has 0 aliphatic carbocycles. The van der Waals surface area contributed by atoms with E-state index in [0.29, 0.717) is 18.5 Å². The summed E-state index contributed by atoms with van der Waals surface area (Å²) in [5.41, 5.74) is 4.46. The number of nitrogens with one attached hydrogen (secondary N) is 1. The Bertz CT molecular complexity index is 1050. The number of aryl methyl sites for hydroxylation is 2. The molecule has 0 fully saturated rings. The zero-order chi connectivity index (χ0) is 20.3. The van der Waals surface area contributed by atoms with Crippen molar-refractivity contribution in [1.29, 1.82) is 0 Å². The van der Waals surface area contributed by atoms with E-state index < -0.39 is 0 Å². The molecule has 1 N–H and O–H groups in total. The van der Waals surface area contributed by atoms with Gasteiger partial charge in [0.05, 0.1) is 19.2 Å². The first-order valence-electron chi connectivity index (χ1n) is 9.45. The van der Waals surface area contributed by atoms with E-state index in [1.807, 2.05) is 51.1 Å². The largest absolute Gasteiger partial charge is 0.497 e. The number of rotatable bonds is 6. The smallest absolute Gasteiger partial charge is 0.253 e. The lowest BCUT2D eigenvalue weighted by molar-refractivity contribution is -0.132. The van der Waals surface area contributed by atoms with Gasteiger partial charge in [-0.15, -0.1) is 0 Å². The Morgan fingerprint density at radius 2 is 1.79 bits per heavy atom. The molecule has 3 aromatic rings. The normalized spacial score (nSPS) is 10.9. The summed E-state index contributed by atoms with van der Waals surface area (Å²) < 4.78 is 5.19. The number of amides is 1. The lowest BCUT2D eigenvalue weighted by Gasteiger charge is -2.22. The summed E-state index contributed by atoms with van der Waals surface area (Å²) in [4.78, 5) is 29.9. The molecule has 0 atom stereocenters. The summed E-state index contributed by atoms with van der Waals surface area (Å²) in [5.74, 6) is 0.782. The number of ether oxygens (including phenoxy) is 1. The van der Waals surface area contributed by atoms with Crippen molar-refractivity contribution in [3.05, 3.63) is 75.1 Å². The number of pyridine rings is 1. The van der Waals surface area contributed by atoms with E-state index in [1.165, 1.54) is 0 Å². The number of H-pyrrole nitrogens is 1. The second kappa shape index (κ2) is 8.30. The van der Waals surface area contributed by atoms with Gasteiger partial charge in [0, 0.05) is 18.5 Å². The van der Waals surface area contributed by atoms with Crippen LogP contribution in [0, 0.1) is 13.8 Å². The Morgan fingerprint density at radius 1 is 1.07 bits per heavy atom. The lowest BCUT2D eigenvalue weighted by Crippen LogP contribution is -2.32. The average Bonchev–Trinajstić information content (AvgIpc) is 2.68. The van der Waals surface area contributed by atoms with E-state index in [2.05, 4.69) is 17.1 Å². The third-order valence-corrected chi connectivity index (χ3v) is 4.92. The minimum Gasteiger partial charge on any atom is -0.497 e. The van der Waals surface area contributed by atoms with Crippen molar-refractivity contribution in [3.63, 3.8) is 0 Å². The highest BCUT2D eigenvalue weighted by Crippen LogP contribution is 2.20. The van der Waals surface area contributed by atoms with Crippen LogP contribution in [0.4, 0.5) is 0 Å². The van der Waals surface area contributed by atoms with Crippen molar-refractivity contribution < 1.29 is 9.53 Å². The number of aromatic nitrogens is 1. The first kappa shape index (κ1) is 19.7. The fourth-order valence-corrected chi connectivity index (χ4v) is 3.46. The molecule has 1 aromatic heterocycles. The third-order valence-electron chi connectivity index (χ3n) is 4.92. The summed E-state index contributed by atoms with van der Waals surface area (Å²) in [6, 6.07) is 13.6. The Hall–Kier alpha value is -3.08. The number of carbonyl (C=O) groups is 1. The summed E-state index contributed by atoms with van der Waals surface area (Å²) in [5, 5.41) is 0.987. The Labute approximate surface area is 165 Å². The Morgan fingerprint density at radius 3 is 2.43 bits per heavy atom. The van der Waals surface area contributed by atoms with Gasteiger partial charge in [-0.2, -0.15) is 0 Å². The van der Waals surface area contributed by atoms with Crippen LogP contribution in [0.2, 0.25) is 0 Å². The van der Waals surface area contributed by atoms with Gasteiger partial charge in [-0.3, -0.25) is 9.59 Å². The summed E-state index contributed by atoms with van der Waals surface area (Å²) >= 11 is 0. The van der Waals surface area contributed by atoms with Gasteiger partial charge in [0.2, 0.25) is 5.91 Å². The molecule has 1 amide bonds. The standard InChI is InChI=1S/C23H26N2O3/c1-5-21(26)25(13-17-6-8-20(28-4)9-7-17)14-19-12-18-11-15(2)10-16(3)22(18)24-23(19)27/h6-12H,5,13-14H2,1-4H3,(H,24,27). The molecule has 0 spiro atoms. The van der Waals surface area contributed by atoms with E-state index in [0.717, 1.165) is 33.3 Å². The number of carbonyl (C=O) groups excluding carboxylic acids is 1. The number of hydrogen-bond donors (Lipinski definition) is 1. The molecule has 0 radical (unpaired) electrons. The number of methoxy groups -OCH3 is 1. The van der Waals surface area contributed by atoms with Crippen LogP contribution in [0.25, 0.3) is 10.9 Å². The molecule has 3 rings (SSSR count). The fraction of sp³-hybridized carbons (Fsp3) is 0.304. The monoisotopic (exact) mass is 378 g/mol. The molecular formula is C23H26N2O3. The molecule has 0 aliphatic rings. The minimum atomic E-state index is -0.150. The maximum Gasteiger partial charge on any atom is 0.253 e. The van der Waals surface area contributed by atoms with Gasteiger partial charge in [-0.25, -0.2) is 0 Å². The van der Waals surface area contributed by atoms with Crippen LogP contribution < -0.4 is 10.3 Å². The van der Waals surface area contributed by atoms with E-state index in [9.17, 15) is 9.59 Å². The molecule has 0 aliphatic heterocycles. The quantitative estimate of drug-likeness (QED) is 0.703. The van der Waals surface area contributed by atoms with E-state index in [-0.39, 0.29) is 18.0 Å². The molecule has 146 valence electrons. The number of benzene rings is 2. The van der Waals surface area contributed by atoms with Crippen LogP contribution in [0.3, 0.4) is 0 Å². The Balaban J connectivity index is 1.92. The Kier molecular flexibility index (Phi) is 5.83. The lowest BCUT2D eigenvalue weighted by atomic mass is 10.0. The van der Waals surface area contributed by atoms with Crippen LogP contribution in [0.5, 0.6) is 5.75 Å². The minimum absolute atomic E-state index is 0.00994. The molecule has 5 heteroatoms. The van der Waals surface area contributed by atoms with Gasteiger partial charge >= 0.3 is 0 Å². The van der Waals surface area contributed by atoms with Gasteiger partial charge in [-0.05, 0) is 54.6 Å². The van der Waals surface area contributed by atoms with E-state index >= 15 is 0 Å². The highest BCUT2D eigenvalue weighted by atomic mass is 16.5. The third kappa shape index (κ3) is 4.25. The van der Waals surface area contributed by atoms with Crippen LogP contribution in [-0.2, 0) is 17.9 Å². The topological polar surface area (TPSA) is 62.4 Å². The van der Waals surface area contributed by atoms with Crippen molar-refractivity contribution in [3.8, 4) is 5.75 Å². The molecule has 0 unspecified atom stereocenters. The summed E-state index contributed by atoms with van der Waals surface area (Å²) in [7, 11) is 1.62. The predicted octanol–water partition coefficient (Wildman–Crippen LogP) is 4.09. The van der Waals surface area contributed by atoms with Crippen LogP contribution in [-0.4, -0.2) is 22.9 Å². The molecule has 5 nitrogen and oxygen atoms in total. The summed E-state index contributed by atoms with van der Waals surface area (Å²) in [6.07, 6.45) is 0.389. The maximum absolute atomic E-state index is 12.6. The van der Waals surface area contributed by atoms with Crippen LogP contribution in [0.1, 0.15) is 35.6 Å². The highest BCUT2D eigenvalue weighted by molar-refractivity contribution is 5.83. The van der Waals surface area contributed by atoms with Gasteiger partial charge < -0.3 is 14.6 Å². The van der Waals surface area contributed by atoms with E-state index in [4.69, 9.17) is 4.74 Å². The zero-order valence-electron chi connectivity index (χ0n) is 16.8. The molecule has 0 bridgehead atoms. The fourth-order valence-electron chi connectivity index (χ4n) is 3.46. The van der Waals surface area contributed by atoms with Crippen molar-refractivity contribution >= 4 is 16.8 Å². The number of nitrogens with zero attached hydrogens (tertiary/aromatic N) is 1. The van der Waals surface area contributed by atoms with Gasteiger partial charge in [0.25, 0.3) is 5.56 Å². The maximum atomic E-state index is 12.6. The van der Waals surface area contributed by atoms with Gasteiger partial charge in [0.1, 0.15) is 5.75 Å². The molecule has 1 heterocycles. The molecule has 28 heavy (non-hydrogen) atoms. The van der Waals surface area contributed by atoms with Crippen molar-refractivity contribution in [2.24, 2.45) is 0 Å². The molecule has 0 saturated heterocycles. The van der Waals surface area contributed by atoms with Crippen molar-refractivity contribution in [2.45, 2.75) is 40.3 Å². The van der Waals surface area contributed by atoms with Crippen molar-refractivity contribution in [2.75, 3.05) is 7.11 Å². The molecular weight excluding hydrogens is 352 g/mol. The van der Waals surface area contributed by atoms with Gasteiger partial charge in [-0.1, -0.05) is 30.7 Å². The first-order valence-corrected chi connectivity index (χ1v) is 9.45. The average molecular weight is 378 g/mol. The molecule has 2 aromatic carbocycles. The van der Waals surface area contributed by atoms with E-state index in [1.54, 1.807) is 12.0 Å². The second-order valence-electron chi connectivity index (χ2n) is 7.12. The summed E-state index contributed by atoms with van der Waals surface area (Å²) in [6.45, 7) is 6.58.